The molecule has 1 rings (SSSR count). The number of aromatic nitrogens is 2. The van der Waals surface area contributed by atoms with Crippen LogP contribution in [-0.4, -0.2) is 39.7 Å². The highest BCUT2D eigenvalue weighted by molar-refractivity contribution is 5.56. The lowest BCUT2D eigenvalue weighted by atomic mass is 10.1. The molecule has 3 N–H and O–H groups in total. The summed E-state index contributed by atoms with van der Waals surface area (Å²) in [6, 6.07) is 0. The van der Waals surface area contributed by atoms with E-state index in [1.807, 2.05) is 13.8 Å². The van der Waals surface area contributed by atoms with Crippen molar-refractivity contribution in [2.24, 2.45) is 5.92 Å². The highest BCUT2D eigenvalue weighted by Gasteiger charge is 2.18. The van der Waals surface area contributed by atoms with Crippen LogP contribution in [0.15, 0.2) is 6.20 Å². The van der Waals surface area contributed by atoms with Gasteiger partial charge in [-0.2, -0.15) is 4.98 Å². The molecule has 19 heavy (non-hydrogen) atoms. The molecular formula is C11H19N5O3. The molecule has 106 valence electrons. The number of nitrogens with one attached hydrogen (secondary N) is 2. The molecule has 0 aliphatic rings. The topological polar surface area (TPSA) is 113 Å². The highest BCUT2D eigenvalue weighted by Crippen LogP contribution is 2.21. The van der Waals surface area contributed by atoms with Crippen molar-refractivity contribution < 1.29 is 10.0 Å². The van der Waals surface area contributed by atoms with E-state index in [-0.39, 0.29) is 24.0 Å². The molecule has 1 aromatic rings. The highest BCUT2D eigenvalue weighted by atomic mass is 16.6. The molecule has 0 saturated heterocycles. The first kappa shape index (κ1) is 15.1. The maximum absolute atomic E-state index is 10.8. The van der Waals surface area contributed by atoms with Gasteiger partial charge in [0, 0.05) is 13.6 Å². The first-order chi connectivity index (χ1) is 8.93. The summed E-state index contributed by atoms with van der Waals surface area (Å²) in [7, 11) is 1.62. The largest absolute Gasteiger partial charge is 0.391 e. The molecule has 0 aromatic carbocycles. The van der Waals surface area contributed by atoms with Crippen LogP contribution in [0.3, 0.4) is 0 Å². The van der Waals surface area contributed by atoms with Crippen molar-refractivity contribution in [3.05, 3.63) is 16.3 Å². The van der Waals surface area contributed by atoms with Gasteiger partial charge in [-0.05, 0) is 12.3 Å². The van der Waals surface area contributed by atoms with E-state index in [0.29, 0.717) is 12.3 Å². The van der Waals surface area contributed by atoms with Crippen molar-refractivity contribution >= 4 is 17.5 Å². The van der Waals surface area contributed by atoms with Crippen molar-refractivity contribution in [3.8, 4) is 0 Å². The zero-order chi connectivity index (χ0) is 14.4. The van der Waals surface area contributed by atoms with E-state index < -0.39 is 11.0 Å². The number of anilines is 2. The average molecular weight is 269 g/mol. The predicted molar refractivity (Wildman–Crippen MR) is 72.2 cm³/mol. The van der Waals surface area contributed by atoms with E-state index in [1.54, 1.807) is 7.05 Å². The van der Waals surface area contributed by atoms with Crippen LogP contribution in [0.25, 0.3) is 0 Å². The Morgan fingerprint density at radius 1 is 1.53 bits per heavy atom. The summed E-state index contributed by atoms with van der Waals surface area (Å²) in [5.74, 6) is 0.739. The van der Waals surface area contributed by atoms with Gasteiger partial charge in [-0.25, -0.2) is 4.98 Å². The molecule has 8 nitrogen and oxygen atoms in total. The third-order valence-corrected chi connectivity index (χ3v) is 2.44. The number of rotatable bonds is 7. The second kappa shape index (κ2) is 6.83. The van der Waals surface area contributed by atoms with Gasteiger partial charge < -0.3 is 15.7 Å². The van der Waals surface area contributed by atoms with Gasteiger partial charge in [0.05, 0.1) is 11.0 Å². The number of nitrogens with zero attached hydrogens (tertiary/aromatic N) is 3. The quantitative estimate of drug-likeness (QED) is 0.504. The number of aliphatic hydroxyl groups is 1. The molecule has 0 spiro atoms. The van der Waals surface area contributed by atoms with Crippen LogP contribution in [-0.2, 0) is 0 Å². The Balaban J connectivity index is 2.77. The Morgan fingerprint density at radius 2 is 2.21 bits per heavy atom. The number of hydrogen-bond acceptors (Lipinski definition) is 7. The van der Waals surface area contributed by atoms with Crippen LogP contribution in [0.4, 0.5) is 17.5 Å². The monoisotopic (exact) mass is 269 g/mol. The predicted octanol–water partition coefficient (Wildman–Crippen LogP) is 1.25. The van der Waals surface area contributed by atoms with Gasteiger partial charge in [-0.15, -0.1) is 0 Å². The summed E-state index contributed by atoms with van der Waals surface area (Å²) in [6.07, 6.45) is 1.17. The van der Waals surface area contributed by atoms with Crippen molar-refractivity contribution in [3.63, 3.8) is 0 Å². The fourth-order valence-electron chi connectivity index (χ4n) is 1.60. The second-order valence-electron chi connectivity index (χ2n) is 4.60. The smallest absolute Gasteiger partial charge is 0.329 e. The summed E-state index contributed by atoms with van der Waals surface area (Å²) in [6.45, 7) is 4.20. The summed E-state index contributed by atoms with van der Waals surface area (Å²) in [5, 5.41) is 26.1. The third kappa shape index (κ3) is 4.66. The van der Waals surface area contributed by atoms with Crippen LogP contribution in [0.2, 0.25) is 0 Å². The summed E-state index contributed by atoms with van der Waals surface area (Å²) in [5.41, 5.74) is -0.212. The van der Waals surface area contributed by atoms with Crippen molar-refractivity contribution in [2.75, 3.05) is 24.2 Å². The van der Waals surface area contributed by atoms with E-state index in [4.69, 9.17) is 0 Å². The van der Waals surface area contributed by atoms with Crippen LogP contribution in [0.5, 0.6) is 0 Å². The number of hydrogen-bond donors (Lipinski definition) is 3. The van der Waals surface area contributed by atoms with Gasteiger partial charge in [0.15, 0.2) is 0 Å². The lowest BCUT2D eigenvalue weighted by Crippen LogP contribution is -2.22. The molecule has 8 heteroatoms. The lowest BCUT2D eigenvalue weighted by molar-refractivity contribution is -0.384. The molecule has 1 atom stereocenters. The van der Waals surface area contributed by atoms with Crippen LogP contribution in [0, 0.1) is 16.0 Å². The van der Waals surface area contributed by atoms with E-state index >= 15 is 0 Å². The van der Waals surface area contributed by atoms with Gasteiger partial charge in [-0.3, -0.25) is 10.1 Å². The van der Waals surface area contributed by atoms with Gasteiger partial charge in [0.1, 0.15) is 6.20 Å². The molecule has 0 aliphatic carbocycles. The van der Waals surface area contributed by atoms with Crippen molar-refractivity contribution in [1.82, 2.24) is 9.97 Å². The molecule has 0 fully saturated rings. The molecule has 1 unspecified atom stereocenters. The Kier molecular flexibility index (Phi) is 5.43. The number of nitro groups is 1. The van der Waals surface area contributed by atoms with E-state index in [9.17, 15) is 15.2 Å². The normalized spacial score (nSPS) is 12.3. The van der Waals surface area contributed by atoms with E-state index in [2.05, 4.69) is 20.6 Å². The minimum absolute atomic E-state index is 0.104. The summed E-state index contributed by atoms with van der Waals surface area (Å²) < 4.78 is 0. The van der Waals surface area contributed by atoms with Crippen molar-refractivity contribution in [2.45, 2.75) is 26.4 Å². The van der Waals surface area contributed by atoms with E-state index in [0.717, 1.165) is 6.20 Å². The fraction of sp³-hybridized carbons (Fsp3) is 0.636. The summed E-state index contributed by atoms with van der Waals surface area (Å²) >= 11 is 0. The molecule has 0 bridgehead atoms. The Hall–Kier alpha value is -1.96. The number of aliphatic hydroxyl groups excluding tert-OH is 1. The maximum atomic E-state index is 10.8. The van der Waals surface area contributed by atoms with E-state index in [1.165, 1.54) is 0 Å². The minimum Gasteiger partial charge on any atom is -0.391 e. The van der Waals surface area contributed by atoms with Gasteiger partial charge >= 0.3 is 5.69 Å². The molecule has 0 radical (unpaired) electrons. The standard InChI is InChI=1S/C11H19N5O3/c1-7(2)4-8(17)5-13-10-9(16(18)19)6-14-11(12-3)15-10/h6-8,17H,4-5H2,1-3H3,(H2,12,13,14,15). The Morgan fingerprint density at radius 3 is 2.74 bits per heavy atom. The molecule has 1 aromatic heterocycles. The fourth-order valence-corrected chi connectivity index (χ4v) is 1.60. The molecule has 0 aliphatic heterocycles. The lowest BCUT2D eigenvalue weighted by Gasteiger charge is -2.14. The first-order valence-corrected chi connectivity index (χ1v) is 6.05. The Bertz CT molecular complexity index is 438. The Labute approximate surface area is 111 Å². The van der Waals surface area contributed by atoms with Crippen LogP contribution < -0.4 is 10.6 Å². The van der Waals surface area contributed by atoms with Crippen molar-refractivity contribution in [1.29, 1.82) is 0 Å². The molecular weight excluding hydrogens is 250 g/mol. The van der Waals surface area contributed by atoms with Crippen LogP contribution >= 0.6 is 0 Å². The third-order valence-electron chi connectivity index (χ3n) is 2.44. The molecule has 0 saturated carbocycles. The summed E-state index contributed by atoms with van der Waals surface area (Å²) in [4.78, 5) is 18.1. The first-order valence-electron chi connectivity index (χ1n) is 6.05. The maximum Gasteiger partial charge on any atom is 0.329 e. The average Bonchev–Trinajstić information content (AvgIpc) is 2.34. The molecule has 0 amide bonds. The van der Waals surface area contributed by atoms with Gasteiger partial charge in [0.2, 0.25) is 11.8 Å². The van der Waals surface area contributed by atoms with Crippen LogP contribution in [0.1, 0.15) is 20.3 Å². The zero-order valence-corrected chi connectivity index (χ0v) is 11.3. The zero-order valence-electron chi connectivity index (χ0n) is 11.3. The SMILES string of the molecule is CNc1ncc([N+](=O)[O-])c(NCC(O)CC(C)C)n1. The second-order valence-corrected chi connectivity index (χ2v) is 4.60. The van der Waals surface area contributed by atoms with Gasteiger partial charge in [-0.1, -0.05) is 13.8 Å². The molecule has 1 heterocycles. The minimum atomic E-state index is -0.576. The van der Waals surface area contributed by atoms with Gasteiger partial charge in [0.25, 0.3) is 0 Å².